The van der Waals surface area contributed by atoms with Crippen LogP contribution in [0, 0.1) is 17.3 Å². The van der Waals surface area contributed by atoms with E-state index in [9.17, 15) is 18.0 Å². The standard InChI is InChI=1S/C40H54F3N3O/c1-9-15-33(20-23-39(4,5)6)27-32(11-3)31-46(38(47)29-35-17-12-13-19-36(28-35)40(41,42)43)37-21-25-45(26-22-37)30-34(16-10-2)18-14-24-44(7)8/h9-16,18-19,27-28,37H,2,17,21-22,24-26,29-31H2,1,3-8H3/b15-9?,18-14-,32-11+,33-27+,34-16+. The summed E-state index contributed by atoms with van der Waals surface area (Å²) in [5.41, 5.74) is 2.51. The van der Waals surface area contributed by atoms with Crippen molar-refractivity contribution in [3.05, 3.63) is 107 Å². The van der Waals surface area contributed by atoms with Gasteiger partial charge in [-0.1, -0.05) is 84.8 Å². The lowest BCUT2D eigenvalue weighted by atomic mass is 9.96. The Morgan fingerprint density at radius 2 is 1.81 bits per heavy atom. The van der Waals surface area contributed by atoms with Gasteiger partial charge in [-0.15, -0.1) is 0 Å². The highest BCUT2D eigenvalue weighted by molar-refractivity contribution is 5.80. The molecule has 0 spiro atoms. The molecule has 0 bridgehead atoms. The number of alkyl halides is 3. The lowest BCUT2D eigenvalue weighted by molar-refractivity contribution is -0.133. The molecule has 0 unspecified atom stereocenters. The largest absolute Gasteiger partial charge is 0.416 e. The summed E-state index contributed by atoms with van der Waals surface area (Å²) in [6.07, 6.45) is 18.6. The monoisotopic (exact) mass is 649 g/mol. The normalized spacial score (nSPS) is 17.9. The molecule has 0 radical (unpaired) electrons. The molecule has 0 aromatic carbocycles. The Bertz CT molecular complexity index is 1370. The third-order valence-electron chi connectivity index (χ3n) is 7.71. The van der Waals surface area contributed by atoms with Gasteiger partial charge in [0.05, 0.1) is 5.57 Å². The van der Waals surface area contributed by atoms with E-state index in [1.165, 1.54) is 11.6 Å². The number of piperidine rings is 1. The van der Waals surface area contributed by atoms with Crippen LogP contribution in [-0.4, -0.2) is 79.6 Å². The first-order valence-corrected chi connectivity index (χ1v) is 16.5. The second kappa shape index (κ2) is 19.3. The lowest BCUT2D eigenvalue weighted by Crippen LogP contribution is -2.48. The van der Waals surface area contributed by atoms with Crippen molar-refractivity contribution in [1.29, 1.82) is 0 Å². The molecule has 0 N–H and O–H groups in total. The van der Waals surface area contributed by atoms with Gasteiger partial charge < -0.3 is 9.80 Å². The molecular formula is C40H54F3N3O. The van der Waals surface area contributed by atoms with Crippen molar-refractivity contribution in [2.75, 3.05) is 46.8 Å². The molecule has 0 saturated carbocycles. The Labute approximate surface area is 282 Å². The van der Waals surface area contributed by atoms with E-state index in [1.807, 2.05) is 63.2 Å². The van der Waals surface area contributed by atoms with Gasteiger partial charge in [0.2, 0.25) is 5.91 Å². The van der Waals surface area contributed by atoms with Crippen LogP contribution in [0.5, 0.6) is 0 Å². The third kappa shape index (κ3) is 15.2. The number of hydrogen-bond acceptors (Lipinski definition) is 3. The maximum atomic E-state index is 14.0. The number of halogens is 3. The Morgan fingerprint density at radius 3 is 2.38 bits per heavy atom. The number of carbonyl (C=O) groups excluding carboxylic acids is 1. The number of hydrogen-bond donors (Lipinski definition) is 0. The zero-order chi connectivity index (χ0) is 35.0. The minimum Gasteiger partial charge on any atom is -0.335 e. The third-order valence-corrected chi connectivity index (χ3v) is 7.71. The van der Waals surface area contributed by atoms with E-state index in [-0.39, 0.29) is 23.8 Å². The van der Waals surface area contributed by atoms with Crippen molar-refractivity contribution >= 4 is 5.91 Å². The summed E-state index contributed by atoms with van der Waals surface area (Å²) in [5.74, 6) is 6.40. The quantitative estimate of drug-likeness (QED) is 0.147. The smallest absolute Gasteiger partial charge is 0.335 e. The average molecular weight is 650 g/mol. The Balaban J connectivity index is 2.35. The van der Waals surface area contributed by atoms with Gasteiger partial charge in [-0.2, -0.15) is 13.2 Å². The molecule has 1 saturated heterocycles. The Morgan fingerprint density at radius 1 is 1.11 bits per heavy atom. The van der Waals surface area contributed by atoms with Crippen molar-refractivity contribution in [2.24, 2.45) is 5.41 Å². The zero-order valence-electron chi connectivity index (χ0n) is 29.5. The van der Waals surface area contributed by atoms with Crippen LogP contribution in [0.4, 0.5) is 13.2 Å². The molecule has 0 aromatic rings. The number of allylic oxidation sites excluding steroid dienone is 11. The van der Waals surface area contributed by atoms with E-state index in [0.29, 0.717) is 18.5 Å². The highest BCUT2D eigenvalue weighted by atomic mass is 19.4. The minimum atomic E-state index is -4.48. The Kier molecular flexibility index (Phi) is 16.2. The fraction of sp³-hybridized carbons (Fsp3) is 0.475. The second-order valence-corrected chi connectivity index (χ2v) is 13.4. The Hall–Kier alpha value is -3.60. The van der Waals surface area contributed by atoms with Crippen molar-refractivity contribution in [3.63, 3.8) is 0 Å². The van der Waals surface area contributed by atoms with Crippen LogP contribution in [0.1, 0.15) is 60.3 Å². The maximum absolute atomic E-state index is 14.0. The molecule has 0 atom stereocenters. The van der Waals surface area contributed by atoms with Gasteiger partial charge in [0.1, 0.15) is 0 Å². The molecule has 1 amide bonds. The van der Waals surface area contributed by atoms with Gasteiger partial charge in [0.15, 0.2) is 0 Å². The summed E-state index contributed by atoms with van der Waals surface area (Å²) < 4.78 is 40.8. The van der Waals surface area contributed by atoms with E-state index >= 15 is 0 Å². The predicted molar refractivity (Wildman–Crippen MR) is 192 cm³/mol. The number of amides is 1. The summed E-state index contributed by atoms with van der Waals surface area (Å²) in [6, 6.07) is -0.0383. The van der Waals surface area contributed by atoms with Crippen LogP contribution in [0.3, 0.4) is 0 Å². The molecule has 1 heterocycles. The molecule has 4 nitrogen and oxygen atoms in total. The lowest BCUT2D eigenvalue weighted by Gasteiger charge is -2.39. The molecule has 47 heavy (non-hydrogen) atoms. The van der Waals surface area contributed by atoms with Crippen LogP contribution in [-0.2, 0) is 4.79 Å². The van der Waals surface area contributed by atoms with E-state index in [4.69, 9.17) is 0 Å². The van der Waals surface area contributed by atoms with Gasteiger partial charge in [-0.3, -0.25) is 9.69 Å². The number of likely N-dealkylation sites (N-methyl/N-ethyl adjacent to an activating group) is 1. The van der Waals surface area contributed by atoms with Crippen LogP contribution in [0.2, 0.25) is 0 Å². The zero-order valence-corrected chi connectivity index (χ0v) is 29.5. The molecule has 2 aliphatic rings. The first kappa shape index (κ1) is 39.6. The van der Waals surface area contributed by atoms with E-state index < -0.39 is 11.7 Å². The predicted octanol–water partition coefficient (Wildman–Crippen LogP) is 8.77. The number of nitrogens with zero attached hydrogens (tertiary/aromatic N) is 3. The summed E-state index contributed by atoms with van der Waals surface area (Å²) in [4.78, 5) is 20.4. The van der Waals surface area contributed by atoms with Crippen LogP contribution < -0.4 is 0 Å². The number of rotatable bonds is 13. The molecular weight excluding hydrogens is 595 g/mol. The molecule has 256 valence electrons. The van der Waals surface area contributed by atoms with Gasteiger partial charge >= 0.3 is 6.18 Å². The van der Waals surface area contributed by atoms with Crippen LogP contribution in [0.15, 0.2) is 107 Å². The average Bonchev–Trinajstić information content (AvgIpc) is 3.24. The van der Waals surface area contributed by atoms with Crippen LogP contribution >= 0.6 is 0 Å². The minimum absolute atomic E-state index is 0.0383. The maximum Gasteiger partial charge on any atom is 0.416 e. The SMILES string of the molecule is C=C/C=C(\C=C/CN(C)C)CN1CCC(N(CC(/C=C(/C#CC(C)(C)C)C=CC)=C/C)C(=O)CC2=CC(C(F)(F)F)=CC=CC2)CC1. The molecule has 7 heteroatoms. The van der Waals surface area contributed by atoms with Crippen molar-refractivity contribution in [1.82, 2.24) is 14.7 Å². The molecule has 2 rings (SSSR count). The van der Waals surface area contributed by atoms with Crippen LogP contribution in [0.25, 0.3) is 0 Å². The first-order chi connectivity index (χ1) is 22.1. The van der Waals surface area contributed by atoms with Gasteiger partial charge in [-0.05, 0) is 91.3 Å². The molecule has 0 aromatic heterocycles. The molecule has 1 aliphatic carbocycles. The van der Waals surface area contributed by atoms with E-state index in [1.54, 1.807) is 12.2 Å². The van der Waals surface area contributed by atoms with Gasteiger partial charge in [0, 0.05) is 56.2 Å². The molecule has 1 fully saturated rings. The van der Waals surface area contributed by atoms with E-state index in [2.05, 4.69) is 61.1 Å². The number of likely N-dealkylation sites (tertiary alicyclic amines) is 1. The highest BCUT2D eigenvalue weighted by Gasteiger charge is 2.33. The fourth-order valence-corrected chi connectivity index (χ4v) is 5.29. The summed E-state index contributed by atoms with van der Waals surface area (Å²) >= 11 is 0. The van der Waals surface area contributed by atoms with Gasteiger partial charge in [0.25, 0.3) is 0 Å². The second-order valence-electron chi connectivity index (χ2n) is 13.4. The van der Waals surface area contributed by atoms with E-state index in [0.717, 1.165) is 62.3 Å². The van der Waals surface area contributed by atoms with Crippen molar-refractivity contribution < 1.29 is 18.0 Å². The number of carbonyl (C=O) groups is 1. The van der Waals surface area contributed by atoms with Crippen molar-refractivity contribution in [2.45, 2.75) is 72.5 Å². The van der Waals surface area contributed by atoms with Gasteiger partial charge in [-0.25, -0.2) is 0 Å². The summed E-state index contributed by atoms with van der Waals surface area (Å²) in [6.45, 7) is 17.5. The first-order valence-electron chi connectivity index (χ1n) is 16.5. The highest BCUT2D eigenvalue weighted by Crippen LogP contribution is 2.31. The summed E-state index contributed by atoms with van der Waals surface area (Å²) in [7, 11) is 4.06. The molecule has 1 aliphatic heterocycles. The fourth-order valence-electron chi connectivity index (χ4n) is 5.29. The topological polar surface area (TPSA) is 26.8 Å². The van der Waals surface area contributed by atoms with Crippen molar-refractivity contribution in [3.8, 4) is 11.8 Å². The summed E-state index contributed by atoms with van der Waals surface area (Å²) in [5, 5.41) is 0.